The lowest BCUT2D eigenvalue weighted by molar-refractivity contribution is -0.141. The van der Waals surface area contributed by atoms with Gasteiger partial charge in [0.05, 0.1) is 5.56 Å². The zero-order chi connectivity index (χ0) is 13.9. The summed E-state index contributed by atoms with van der Waals surface area (Å²) in [7, 11) is 0. The first-order valence-electron chi connectivity index (χ1n) is 6.02. The van der Waals surface area contributed by atoms with E-state index in [9.17, 15) is 18.0 Å². The number of halogens is 3. The van der Waals surface area contributed by atoms with Gasteiger partial charge in [-0.2, -0.15) is 13.2 Å². The van der Waals surface area contributed by atoms with Crippen molar-refractivity contribution in [1.82, 2.24) is 15.2 Å². The molecule has 0 bridgehead atoms. The van der Waals surface area contributed by atoms with E-state index in [0.717, 1.165) is 25.2 Å². The van der Waals surface area contributed by atoms with Gasteiger partial charge in [0.1, 0.15) is 5.69 Å². The van der Waals surface area contributed by atoms with E-state index in [1.165, 1.54) is 6.07 Å². The third-order valence-corrected chi connectivity index (χ3v) is 2.93. The number of pyridine rings is 1. The number of hydrogen-bond acceptors (Lipinski definition) is 3. The highest BCUT2D eigenvalue weighted by molar-refractivity contribution is 5.93. The summed E-state index contributed by atoms with van der Waals surface area (Å²) < 4.78 is 37.1. The van der Waals surface area contributed by atoms with Crippen LogP contribution in [0.5, 0.6) is 0 Å². The Morgan fingerprint density at radius 2 is 2.05 bits per heavy atom. The maximum Gasteiger partial charge on any atom is 0.433 e. The summed E-state index contributed by atoms with van der Waals surface area (Å²) in [4.78, 5) is 17.0. The molecule has 1 fully saturated rings. The zero-order valence-corrected chi connectivity index (χ0v) is 10.2. The normalized spacial score (nSPS) is 17.1. The summed E-state index contributed by atoms with van der Waals surface area (Å²) in [6.07, 6.45) is -2.66. The van der Waals surface area contributed by atoms with Gasteiger partial charge in [0, 0.05) is 25.8 Å². The van der Waals surface area contributed by atoms with E-state index in [1.54, 1.807) is 4.90 Å². The van der Waals surface area contributed by atoms with Gasteiger partial charge in [0.25, 0.3) is 5.91 Å². The largest absolute Gasteiger partial charge is 0.433 e. The number of nitrogens with one attached hydrogen (secondary N) is 1. The Hall–Kier alpha value is -1.63. The molecular formula is C12H14F3N3O. The van der Waals surface area contributed by atoms with Crippen LogP contribution in [0.15, 0.2) is 18.3 Å². The summed E-state index contributed by atoms with van der Waals surface area (Å²) in [5, 5.41) is 3.15. The highest BCUT2D eigenvalue weighted by Gasteiger charge is 2.32. The Balaban J connectivity index is 2.10. The van der Waals surface area contributed by atoms with Gasteiger partial charge in [0.15, 0.2) is 0 Å². The highest BCUT2D eigenvalue weighted by Crippen LogP contribution is 2.27. The Kier molecular flexibility index (Phi) is 4.04. The second-order valence-corrected chi connectivity index (χ2v) is 4.33. The smallest absolute Gasteiger partial charge is 0.337 e. The number of aromatic nitrogens is 1. The summed E-state index contributed by atoms with van der Waals surface area (Å²) in [6.45, 7) is 2.70. The molecule has 1 N–H and O–H groups in total. The van der Waals surface area contributed by atoms with Crippen LogP contribution in [-0.4, -0.2) is 42.0 Å². The molecular weight excluding hydrogens is 259 g/mol. The molecule has 1 amide bonds. The van der Waals surface area contributed by atoms with Crippen molar-refractivity contribution < 1.29 is 18.0 Å². The van der Waals surface area contributed by atoms with Gasteiger partial charge in [-0.1, -0.05) is 0 Å². The van der Waals surface area contributed by atoms with E-state index < -0.39 is 11.9 Å². The molecule has 0 aliphatic carbocycles. The van der Waals surface area contributed by atoms with Crippen LogP contribution in [0.2, 0.25) is 0 Å². The minimum Gasteiger partial charge on any atom is -0.337 e. The van der Waals surface area contributed by atoms with Gasteiger partial charge in [-0.15, -0.1) is 0 Å². The van der Waals surface area contributed by atoms with Crippen molar-refractivity contribution in [3.63, 3.8) is 0 Å². The van der Waals surface area contributed by atoms with Gasteiger partial charge >= 0.3 is 6.18 Å². The molecule has 104 valence electrons. The van der Waals surface area contributed by atoms with Gasteiger partial charge in [0.2, 0.25) is 0 Å². The first kappa shape index (κ1) is 13.8. The van der Waals surface area contributed by atoms with E-state index in [2.05, 4.69) is 10.3 Å². The number of amides is 1. The molecule has 0 saturated carbocycles. The first-order chi connectivity index (χ1) is 8.98. The van der Waals surface area contributed by atoms with Crippen molar-refractivity contribution in [2.75, 3.05) is 26.2 Å². The van der Waals surface area contributed by atoms with Gasteiger partial charge in [-0.05, 0) is 25.1 Å². The van der Waals surface area contributed by atoms with Crippen LogP contribution in [0.3, 0.4) is 0 Å². The molecule has 2 rings (SSSR count). The standard InChI is InChI=1S/C12H14F3N3O/c13-12(14,15)10-3-2-9(8-17-10)11(19)18-6-1-4-16-5-7-18/h2-3,8,16H,1,4-7H2. The predicted octanol–water partition coefficient (Wildman–Crippen LogP) is 1.54. The maximum absolute atomic E-state index is 12.4. The summed E-state index contributed by atoms with van der Waals surface area (Å²) in [5.74, 6) is -0.273. The Morgan fingerprint density at radius 3 is 2.68 bits per heavy atom. The minimum atomic E-state index is -4.48. The van der Waals surface area contributed by atoms with Crippen LogP contribution in [0.1, 0.15) is 22.5 Å². The lowest BCUT2D eigenvalue weighted by Gasteiger charge is -2.19. The van der Waals surface area contributed by atoms with Crippen LogP contribution >= 0.6 is 0 Å². The van der Waals surface area contributed by atoms with Crippen molar-refractivity contribution >= 4 is 5.91 Å². The third kappa shape index (κ3) is 3.44. The Bertz CT molecular complexity index is 437. The summed E-state index contributed by atoms with van der Waals surface area (Å²) in [5.41, 5.74) is -0.795. The van der Waals surface area contributed by atoms with E-state index in [1.807, 2.05) is 0 Å². The zero-order valence-electron chi connectivity index (χ0n) is 10.2. The molecule has 0 atom stereocenters. The average molecular weight is 273 g/mol. The predicted molar refractivity (Wildman–Crippen MR) is 62.6 cm³/mol. The van der Waals surface area contributed by atoms with Gasteiger partial charge in [-0.3, -0.25) is 9.78 Å². The molecule has 7 heteroatoms. The SMILES string of the molecule is O=C(c1ccc(C(F)(F)F)nc1)N1CCCNCC1. The number of rotatable bonds is 1. The molecule has 1 saturated heterocycles. The second kappa shape index (κ2) is 5.56. The molecule has 0 radical (unpaired) electrons. The fraction of sp³-hybridized carbons (Fsp3) is 0.500. The van der Waals surface area contributed by atoms with Crippen molar-refractivity contribution in [3.05, 3.63) is 29.6 Å². The molecule has 1 aliphatic heterocycles. The van der Waals surface area contributed by atoms with Crippen LogP contribution in [0.4, 0.5) is 13.2 Å². The Labute approximate surface area is 108 Å². The van der Waals surface area contributed by atoms with Crippen molar-refractivity contribution in [2.45, 2.75) is 12.6 Å². The average Bonchev–Trinajstić information content (AvgIpc) is 2.66. The lowest BCUT2D eigenvalue weighted by atomic mass is 10.2. The third-order valence-electron chi connectivity index (χ3n) is 2.93. The van der Waals surface area contributed by atoms with Crippen molar-refractivity contribution in [2.24, 2.45) is 0 Å². The molecule has 19 heavy (non-hydrogen) atoms. The number of carbonyl (C=O) groups excluding carboxylic acids is 1. The van der Waals surface area contributed by atoms with E-state index in [0.29, 0.717) is 19.6 Å². The minimum absolute atomic E-state index is 0.190. The molecule has 4 nitrogen and oxygen atoms in total. The molecule has 0 spiro atoms. The molecule has 0 unspecified atom stereocenters. The molecule has 0 aromatic carbocycles. The molecule has 2 heterocycles. The van der Waals surface area contributed by atoms with Crippen LogP contribution in [0, 0.1) is 0 Å². The number of carbonyl (C=O) groups is 1. The molecule has 1 aliphatic rings. The number of hydrogen-bond donors (Lipinski definition) is 1. The first-order valence-corrected chi connectivity index (χ1v) is 6.02. The second-order valence-electron chi connectivity index (χ2n) is 4.33. The van der Waals surface area contributed by atoms with Crippen LogP contribution in [-0.2, 0) is 6.18 Å². The van der Waals surface area contributed by atoms with Gasteiger partial charge in [-0.25, -0.2) is 0 Å². The van der Waals surface area contributed by atoms with E-state index in [4.69, 9.17) is 0 Å². The fourth-order valence-electron chi connectivity index (χ4n) is 1.92. The lowest BCUT2D eigenvalue weighted by Crippen LogP contribution is -2.34. The maximum atomic E-state index is 12.4. The van der Waals surface area contributed by atoms with Crippen LogP contribution in [0.25, 0.3) is 0 Å². The van der Waals surface area contributed by atoms with Gasteiger partial charge < -0.3 is 10.2 Å². The molecule has 1 aromatic rings. The number of nitrogens with zero attached hydrogens (tertiary/aromatic N) is 2. The van der Waals surface area contributed by atoms with Crippen LogP contribution < -0.4 is 5.32 Å². The van der Waals surface area contributed by atoms with E-state index >= 15 is 0 Å². The topological polar surface area (TPSA) is 45.2 Å². The highest BCUT2D eigenvalue weighted by atomic mass is 19.4. The quantitative estimate of drug-likeness (QED) is 0.844. The number of alkyl halides is 3. The summed E-state index contributed by atoms with van der Waals surface area (Å²) in [6, 6.07) is 2.01. The monoisotopic (exact) mass is 273 g/mol. The van der Waals surface area contributed by atoms with E-state index in [-0.39, 0.29) is 11.5 Å². The summed E-state index contributed by atoms with van der Waals surface area (Å²) >= 11 is 0. The molecule has 1 aromatic heterocycles. The van der Waals surface area contributed by atoms with Crippen molar-refractivity contribution in [3.8, 4) is 0 Å². The van der Waals surface area contributed by atoms with Crippen molar-refractivity contribution in [1.29, 1.82) is 0 Å². The fourth-order valence-corrected chi connectivity index (χ4v) is 1.92. The Morgan fingerprint density at radius 1 is 1.26 bits per heavy atom.